The van der Waals surface area contributed by atoms with E-state index in [2.05, 4.69) is 12.1 Å². The smallest absolute Gasteiger partial charge is 0.203 e. The van der Waals surface area contributed by atoms with E-state index in [0.29, 0.717) is 0 Å². The molecule has 21 heavy (non-hydrogen) atoms. The van der Waals surface area contributed by atoms with Crippen LogP contribution in [0.25, 0.3) is 0 Å². The molecule has 3 rings (SSSR count). The summed E-state index contributed by atoms with van der Waals surface area (Å²) >= 11 is 1.51. The molecule has 2 heteroatoms. The van der Waals surface area contributed by atoms with Crippen LogP contribution < -0.4 is 0 Å². The second-order valence-corrected chi connectivity index (χ2v) is 6.04. The van der Waals surface area contributed by atoms with Crippen molar-refractivity contribution in [1.82, 2.24) is 0 Å². The molecule has 1 nitrogen and oxygen atoms in total. The second-order valence-electron chi connectivity index (χ2n) is 5.12. The number of hydrogen-bond acceptors (Lipinski definition) is 2. The predicted molar refractivity (Wildman–Crippen MR) is 88.2 cm³/mol. The van der Waals surface area contributed by atoms with Crippen LogP contribution in [0.2, 0.25) is 0 Å². The Morgan fingerprint density at radius 1 is 0.905 bits per heavy atom. The van der Waals surface area contributed by atoms with E-state index in [4.69, 9.17) is 0 Å². The first kappa shape index (κ1) is 13.8. The highest BCUT2D eigenvalue weighted by Crippen LogP contribution is 2.20. The lowest BCUT2D eigenvalue weighted by Gasteiger charge is -2.04. The molecule has 0 aliphatic carbocycles. The largest absolute Gasteiger partial charge is 0.288 e. The predicted octanol–water partition coefficient (Wildman–Crippen LogP) is 4.88. The van der Waals surface area contributed by atoms with E-state index in [1.165, 1.54) is 22.5 Å². The van der Waals surface area contributed by atoms with Crippen LogP contribution in [0.5, 0.6) is 0 Å². The van der Waals surface area contributed by atoms with Crippen LogP contribution in [0.1, 0.15) is 31.9 Å². The zero-order valence-electron chi connectivity index (χ0n) is 11.9. The monoisotopic (exact) mass is 292 g/mol. The highest BCUT2D eigenvalue weighted by Gasteiger charge is 2.12. The number of carbonyl (C=O) groups is 1. The van der Waals surface area contributed by atoms with Crippen molar-refractivity contribution in [2.75, 3.05) is 0 Å². The zero-order valence-corrected chi connectivity index (χ0v) is 12.7. The summed E-state index contributed by atoms with van der Waals surface area (Å²) < 4.78 is 0. The third-order valence-electron chi connectivity index (χ3n) is 3.54. The summed E-state index contributed by atoms with van der Waals surface area (Å²) in [4.78, 5) is 13.2. The van der Waals surface area contributed by atoms with Gasteiger partial charge in [0.1, 0.15) is 0 Å². The maximum atomic E-state index is 12.4. The van der Waals surface area contributed by atoms with Crippen molar-refractivity contribution < 1.29 is 4.79 Å². The third-order valence-corrected chi connectivity index (χ3v) is 4.55. The minimum absolute atomic E-state index is 0.119. The van der Waals surface area contributed by atoms with Gasteiger partial charge in [0.05, 0.1) is 4.88 Å². The Kier molecular flexibility index (Phi) is 3.98. The maximum absolute atomic E-state index is 12.4. The third kappa shape index (κ3) is 3.11. The Hall–Kier alpha value is -2.19. The van der Waals surface area contributed by atoms with E-state index in [1.54, 1.807) is 0 Å². The molecule has 0 atom stereocenters. The summed E-state index contributed by atoms with van der Waals surface area (Å²) in [6.07, 6.45) is 0.896. The average molecular weight is 292 g/mol. The first-order chi connectivity index (χ1) is 10.2. The molecule has 0 aliphatic heterocycles. The summed E-state index contributed by atoms with van der Waals surface area (Å²) in [5.41, 5.74) is 4.32. The lowest BCUT2D eigenvalue weighted by Crippen LogP contribution is -2.00. The standard InChI is InChI=1S/C19H16OS/c1-14-11-12-21-19(14)18(20)17-9-7-16(8-10-17)13-15-5-3-2-4-6-15/h2-12H,13H2,1H3. The molecule has 0 amide bonds. The number of carbonyl (C=O) groups excluding carboxylic acids is 1. The van der Waals surface area contributed by atoms with Crippen molar-refractivity contribution >= 4 is 17.1 Å². The van der Waals surface area contributed by atoms with Gasteiger partial charge in [0.25, 0.3) is 0 Å². The number of hydrogen-bond donors (Lipinski definition) is 0. The van der Waals surface area contributed by atoms with Gasteiger partial charge in [-0.05, 0) is 41.5 Å². The molecule has 0 radical (unpaired) electrons. The number of thiophene rings is 1. The van der Waals surface area contributed by atoms with Gasteiger partial charge >= 0.3 is 0 Å². The van der Waals surface area contributed by atoms with Crippen LogP contribution in [0.4, 0.5) is 0 Å². The fraction of sp³-hybridized carbons (Fsp3) is 0.105. The lowest BCUT2D eigenvalue weighted by molar-refractivity contribution is 0.104. The van der Waals surface area contributed by atoms with E-state index in [-0.39, 0.29) is 5.78 Å². The first-order valence-corrected chi connectivity index (χ1v) is 7.83. The van der Waals surface area contributed by atoms with E-state index in [1.807, 2.05) is 60.8 Å². The van der Waals surface area contributed by atoms with Crippen molar-refractivity contribution in [2.45, 2.75) is 13.3 Å². The zero-order chi connectivity index (χ0) is 14.7. The summed E-state index contributed by atoms with van der Waals surface area (Å²) in [6, 6.07) is 20.3. The van der Waals surface area contributed by atoms with Crippen LogP contribution in [0.3, 0.4) is 0 Å². The van der Waals surface area contributed by atoms with Gasteiger partial charge in [-0.1, -0.05) is 54.6 Å². The Bertz CT molecular complexity index is 739. The van der Waals surface area contributed by atoms with Gasteiger partial charge in [-0.25, -0.2) is 0 Å². The molecule has 0 bridgehead atoms. The number of benzene rings is 2. The molecule has 104 valence electrons. The molecule has 0 aliphatic rings. The van der Waals surface area contributed by atoms with Crippen molar-refractivity contribution in [3.05, 3.63) is 93.2 Å². The number of aryl methyl sites for hydroxylation is 1. The van der Waals surface area contributed by atoms with E-state index >= 15 is 0 Å². The van der Waals surface area contributed by atoms with Crippen LogP contribution >= 0.6 is 11.3 Å². The molecule has 2 aromatic carbocycles. The van der Waals surface area contributed by atoms with Crippen molar-refractivity contribution in [1.29, 1.82) is 0 Å². The molecule has 0 fully saturated rings. The molecule has 3 aromatic rings. The SMILES string of the molecule is Cc1ccsc1C(=O)c1ccc(Cc2ccccc2)cc1. The summed E-state index contributed by atoms with van der Waals surface area (Å²) in [7, 11) is 0. The van der Waals surface area contributed by atoms with Gasteiger partial charge in [0.15, 0.2) is 0 Å². The summed E-state index contributed by atoms with van der Waals surface area (Å²) in [6.45, 7) is 1.98. The Labute approximate surface area is 128 Å². The highest BCUT2D eigenvalue weighted by atomic mass is 32.1. The van der Waals surface area contributed by atoms with Crippen LogP contribution in [-0.4, -0.2) is 5.78 Å². The molecule has 1 aromatic heterocycles. The Balaban J connectivity index is 1.78. The molecule has 0 saturated heterocycles. The normalized spacial score (nSPS) is 10.5. The maximum Gasteiger partial charge on any atom is 0.203 e. The van der Waals surface area contributed by atoms with Crippen LogP contribution in [-0.2, 0) is 6.42 Å². The molecule has 0 N–H and O–H groups in total. The molecule has 0 saturated carbocycles. The van der Waals surface area contributed by atoms with Gasteiger partial charge in [0.2, 0.25) is 5.78 Å². The molecule has 0 unspecified atom stereocenters. The summed E-state index contributed by atoms with van der Waals surface area (Å²) in [5, 5.41) is 1.96. The molecular weight excluding hydrogens is 276 g/mol. The molecular formula is C19H16OS. The molecule has 0 spiro atoms. The van der Waals surface area contributed by atoms with E-state index < -0.39 is 0 Å². The lowest BCUT2D eigenvalue weighted by atomic mass is 10.0. The van der Waals surface area contributed by atoms with Crippen molar-refractivity contribution in [3.8, 4) is 0 Å². The number of rotatable bonds is 4. The number of ketones is 1. The van der Waals surface area contributed by atoms with Crippen LogP contribution in [0.15, 0.2) is 66.0 Å². The highest BCUT2D eigenvalue weighted by molar-refractivity contribution is 7.12. The topological polar surface area (TPSA) is 17.1 Å². The Morgan fingerprint density at radius 2 is 1.57 bits per heavy atom. The van der Waals surface area contributed by atoms with Crippen molar-refractivity contribution in [3.63, 3.8) is 0 Å². The fourth-order valence-electron chi connectivity index (χ4n) is 2.34. The van der Waals surface area contributed by atoms with Gasteiger partial charge in [-0.2, -0.15) is 0 Å². The van der Waals surface area contributed by atoms with Gasteiger partial charge < -0.3 is 0 Å². The minimum atomic E-state index is 0.119. The second kappa shape index (κ2) is 6.06. The van der Waals surface area contributed by atoms with Gasteiger partial charge in [-0.15, -0.1) is 11.3 Å². The fourth-order valence-corrected chi connectivity index (χ4v) is 3.23. The quantitative estimate of drug-likeness (QED) is 0.626. The van der Waals surface area contributed by atoms with Crippen LogP contribution in [0, 0.1) is 6.92 Å². The summed E-state index contributed by atoms with van der Waals surface area (Å²) in [5.74, 6) is 0.119. The van der Waals surface area contributed by atoms with E-state index in [0.717, 1.165) is 22.4 Å². The molecule has 1 heterocycles. The minimum Gasteiger partial charge on any atom is -0.288 e. The van der Waals surface area contributed by atoms with Gasteiger partial charge in [0, 0.05) is 5.56 Å². The van der Waals surface area contributed by atoms with Crippen molar-refractivity contribution in [2.24, 2.45) is 0 Å². The average Bonchev–Trinajstić information content (AvgIpc) is 2.94. The first-order valence-electron chi connectivity index (χ1n) is 6.96. The Morgan fingerprint density at radius 3 is 2.19 bits per heavy atom. The van der Waals surface area contributed by atoms with Gasteiger partial charge in [-0.3, -0.25) is 4.79 Å². The van der Waals surface area contributed by atoms with E-state index in [9.17, 15) is 4.79 Å².